The third kappa shape index (κ3) is 14.1. The predicted molar refractivity (Wildman–Crippen MR) is 247 cm³/mol. The fourth-order valence-corrected chi connectivity index (χ4v) is 10.2. The van der Waals surface area contributed by atoms with Gasteiger partial charge in [-0.2, -0.15) is 0 Å². The number of methoxy groups -OCH3 is 2. The van der Waals surface area contributed by atoms with E-state index < -0.39 is 83.2 Å². The van der Waals surface area contributed by atoms with Crippen molar-refractivity contribution in [3.63, 3.8) is 0 Å². The lowest BCUT2D eigenvalue weighted by Crippen LogP contribution is -2.61. The summed E-state index contributed by atoms with van der Waals surface area (Å²) < 4.78 is 39.7. The fraction of sp³-hybridized carbons (Fsp3) is 0.750. The number of ketones is 3. The lowest BCUT2D eigenvalue weighted by Gasteiger charge is -2.44. The molecule has 0 radical (unpaired) electrons. The van der Waals surface area contributed by atoms with Gasteiger partial charge in [-0.3, -0.25) is 19.2 Å². The maximum absolute atomic E-state index is 16.2. The largest absolute Gasteiger partial charge is 0.460 e. The van der Waals surface area contributed by atoms with Gasteiger partial charge in [0.15, 0.2) is 18.1 Å². The van der Waals surface area contributed by atoms with Crippen LogP contribution in [-0.2, 0) is 42.9 Å². The first-order valence-electron chi connectivity index (χ1n) is 24.1. The molecule has 4 rings (SSSR count). The Hall–Kier alpha value is -3.36. The molecule has 3 fully saturated rings. The van der Waals surface area contributed by atoms with Crippen LogP contribution in [0.5, 0.6) is 0 Å². The number of hydrogen-bond donors (Lipinski definition) is 2. The van der Waals surface area contributed by atoms with E-state index in [4.69, 9.17) is 18.9 Å². The van der Waals surface area contributed by atoms with Crippen molar-refractivity contribution in [1.29, 1.82) is 0 Å². The van der Waals surface area contributed by atoms with Crippen LogP contribution in [0.3, 0.4) is 0 Å². The van der Waals surface area contributed by atoms with Crippen molar-refractivity contribution in [3.8, 4) is 0 Å². The second kappa shape index (κ2) is 24.1. The summed E-state index contributed by atoms with van der Waals surface area (Å²) in [5.41, 5.74) is 0.804. The van der Waals surface area contributed by atoms with Gasteiger partial charge in [-0.1, -0.05) is 90.5 Å². The SMILES string of the molecule is CO[C@H]1C(=O)[C@H](C)C[C@H](C)/C=C/C=C/C=C(\C)C(C)(C)C[C@@H]2CC[C@@H](C)[C@@](O)(O2)C(=O)C(=O)N2CCCCC2C(=O)O[C@H]([C@H](C)C[C@@H]2CC[C@@H](O)[C@H](OC)C2)CC(=O)[C@H](C)/C=C(\C)C1F. The van der Waals surface area contributed by atoms with Crippen molar-refractivity contribution in [2.24, 2.45) is 40.9 Å². The van der Waals surface area contributed by atoms with Crippen LogP contribution >= 0.6 is 0 Å². The van der Waals surface area contributed by atoms with E-state index in [0.717, 1.165) is 5.57 Å². The average Bonchev–Trinajstić information content (AvgIpc) is 3.26. The summed E-state index contributed by atoms with van der Waals surface area (Å²) in [7, 11) is 2.87. The van der Waals surface area contributed by atoms with E-state index in [9.17, 15) is 34.2 Å². The summed E-state index contributed by atoms with van der Waals surface area (Å²) >= 11 is 0. The number of aliphatic hydroxyl groups excluding tert-OH is 1. The lowest BCUT2D eigenvalue weighted by molar-refractivity contribution is -0.266. The van der Waals surface area contributed by atoms with E-state index in [0.29, 0.717) is 64.2 Å². The molecule has 0 aromatic heterocycles. The van der Waals surface area contributed by atoms with Crippen LogP contribution < -0.4 is 0 Å². The Balaban J connectivity index is 1.71. The standard InChI is InChI=1S/C52H80FNO11/c1-31-17-13-12-14-18-36(6)51(8,9)30-39-22-20-37(7)52(61,65-39)48(58)49(59)54-24-16-15-19-40(54)50(60)64-43(33(3)27-38-21-23-41(55)44(28-38)62-10)29-42(56)32(2)26-34(4)45(53)47(63-11)46(57)35(5)25-31/h12-14,17-18,26,31-33,35,37-41,43-45,47,55,61H,15-16,19-25,27-30H2,1-11H3/b14-12+,17-13+,34-26+,36-18+/t31-,32-,33-,35-,37-,38+,39+,40?,41-,43+,44-,45?,47-,52-/m1/s1. The molecule has 0 aromatic carbocycles. The smallest absolute Gasteiger partial charge is 0.329 e. The number of rotatable bonds is 5. The highest BCUT2D eigenvalue weighted by Crippen LogP contribution is 2.41. The molecule has 3 aliphatic heterocycles. The molecule has 0 aromatic rings. The molecular formula is C52H80FNO11. The van der Waals surface area contributed by atoms with Gasteiger partial charge < -0.3 is 34.1 Å². The van der Waals surface area contributed by atoms with E-state index in [1.165, 1.54) is 25.0 Å². The number of fused-ring (bicyclic) bond motifs is 3. The van der Waals surface area contributed by atoms with Gasteiger partial charge in [0.25, 0.3) is 11.7 Å². The van der Waals surface area contributed by atoms with Crippen molar-refractivity contribution >= 4 is 29.2 Å². The molecule has 2 N–H and O–H groups in total. The van der Waals surface area contributed by atoms with Gasteiger partial charge in [-0.25, -0.2) is 9.18 Å². The summed E-state index contributed by atoms with van der Waals surface area (Å²) in [4.78, 5) is 71.7. The number of hydrogen-bond acceptors (Lipinski definition) is 11. The third-order valence-electron chi connectivity index (χ3n) is 14.9. The first kappa shape index (κ1) is 54.2. The van der Waals surface area contributed by atoms with Gasteiger partial charge >= 0.3 is 5.97 Å². The zero-order chi connectivity index (χ0) is 48.4. The predicted octanol–water partition coefficient (Wildman–Crippen LogP) is 8.17. The molecule has 366 valence electrons. The number of piperidine rings is 1. The van der Waals surface area contributed by atoms with Gasteiger partial charge in [0, 0.05) is 44.9 Å². The molecule has 65 heavy (non-hydrogen) atoms. The van der Waals surface area contributed by atoms with E-state index in [1.54, 1.807) is 27.9 Å². The van der Waals surface area contributed by atoms with Crippen LogP contribution in [0.15, 0.2) is 47.6 Å². The zero-order valence-corrected chi connectivity index (χ0v) is 41.1. The number of alkyl halides is 1. The Morgan fingerprint density at radius 1 is 0.923 bits per heavy atom. The topological polar surface area (TPSA) is 166 Å². The molecule has 13 heteroatoms. The average molecular weight is 914 g/mol. The number of halogens is 1. The summed E-state index contributed by atoms with van der Waals surface area (Å²) in [6.07, 6.45) is 11.1. The number of allylic oxidation sites excluding steroid dienone is 7. The summed E-state index contributed by atoms with van der Waals surface area (Å²) in [6, 6.07) is -1.14. The number of carbonyl (C=O) groups is 5. The van der Waals surface area contributed by atoms with Crippen molar-refractivity contribution in [1.82, 2.24) is 4.90 Å². The maximum Gasteiger partial charge on any atom is 0.329 e. The molecular weight excluding hydrogens is 834 g/mol. The summed E-state index contributed by atoms with van der Waals surface area (Å²) in [6.45, 7) is 16.7. The normalized spacial score (nSPS) is 40.1. The molecule has 1 saturated carbocycles. The number of ether oxygens (including phenoxy) is 4. The minimum Gasteiger partial charge on any atom is -0.460 e. The number of esters is 1. The van der Waals surface area contributed by atoms with Crippen molar-refractivity contribution in [2.75, 3.05) is 20.8 Å². The Morgan fingerprint density at radius 2 is 1.63 bits per heavy atom. The van der Waals surface area contributed by atoms with Gasteiger partial charge in [-0.15, -0.1) is 0 Å². The molecule has 2 bridgehead atoms. The highest BCUT2D eigenvalue weighted by atomic mass is 19.1. The molecule has 3 heterocycles. The number of nitrogens with zero attached hydrogens (tertiary/aromatic N) is 1. The van der Waals surface area contributed by atoms with Crippen LogP contribution in [0.1, 0.15) is 139 Å². The van der Waals surface area contributed by atoms with E-state index in [2.05, 4.69) is 13.8 Å². The molecule has 12 nitrogen and oxygen atoms in total. The molecule has 1 amide bonds. The van der Waals surface area contributed by atoms with Crippen LogP contribution in [0, 0.1) is 40.9 Å². The molecule has 4 aliphatic rings. The number of amides is 1. The molecule has 14 atom stereocenters. The van der Waals surface area contributed by atoms with Crippen LogP contribution in [0.2, 0.25) is 0 Å². The van der Waals surface area contributed by atoms with E-state index in [1.807, 2.05) is 51.2 Å². The second-order valence-electron chi connectivity index (χ2n) is 20.6. The molecule has 1 aliphatic carbocycles. The summed E-state index contributed by atoms with van der Waals surface area (Å²) in [5.74, 6) is -8.24. The number of Topliss-reactive ketones (excluding diaryl/α,β-unsaturated/α-hetero) is 3. The van der Waals surface area contributed by atoms with Crippen molar-refractivity contribution in [2.45, 2.75) is 188 Å². The van der Waals surface area contributed by atoms with Crippen molar-refractivity contribution in [3.05, 3.63) is 47.6 Å². The van der Waals surface area contributed by atoms with Crippen LogP contribution in [0.4, 0.5) is 4.39 Å². The van der Waals surface area contributed by atoms with Gasteiger partial charge in [0.1, 0.15) is 17.9 Å². The molecule has 0 spiro atoms. The Labute approximate surface area is 387 Å². The minimum absolute atomic E-state index is 0.00325. The molecule has 2 saturated heterocycles. The van der Waals surface area contributed by atoms with Gasteiger partial charge in [0.2, 0.25) is 5.79 Å². The maximum atomic E-state index is 16.2. The Kier molecular flexibility index (Phi) is 20.1. The first-order valence-corrected chi connectivity index (χ1v) is 24.1. The highest BCUT2D eigenvalue weighted by Gasteiger charge is 2.53. The summed E-state index contributed by atoms with van der Waals surface area (Å²) in [5, 5.41) is 22.4. The third-order valence-corrected chi connectivity index (χ3v) is 14.9. The Bertz CT molecular complexity index is 1790. The first-order chi connectivity index (χ1) is 30.5. The van der Waals surface area contributed by atoms with E-state index >= 15 is 4.39 Å². The van der Waals surface area contributed by atoms with Crippen LogP contribution in [-0.4, -0.2) is 114 Å². The Morgan fingerprint density at radius 3 is 2.31 bits per heavy atom. The van der Waals surface area contributed by atoms with E-state index in [-0.39, 0.29) is 60.4 Å². The highest BCUT2D eigenvalue weighted by molar-refractivity contribution is 6.39. The number of cyclic esters (lactones) is 1. The fourth-order valence-electron chi connectivity index (χ4n) is 10.2. The quantitative estimate of drug-likeness (QED) is 0.155. The zero-order valence-electron chi connectivity index (χ0n) is 41.1. The number of carbonyl (C=O) groups excluding carboxylic acids is 5. The second-order valence-corrected chi connectivity index (χ2v) is 20.6. The monoisotopic (exact) mass is 914 g/mol. The molecule has 2 unspecified atom stereocenters. The van der Waals surface area contributed by atoms with Gasteiger partial charge in [0.05, 0.1) is 18.3 Å². The minimum atomic E-state index is -2.40. The lowest BCUT2D eigenvalue weighted by atomic mass is 9.76. The van der Waals surface area contributed by atoms with Crippen LogP contribution in [0.25, 0.3) is 0 Å². The number of aliphatic hydroxyl groups is 2. The van der Waals surface area contributed by atoms with Gasteiger partial charge in [-0.05, 0) is 113 Å². The van der Waals surface area contributed by atoms with Crippen molar-refractivity contribution < 1.29 is 57.5 Å².